The molecule has 0 aromatic heterocycles. The first kappa shape index (κ1) is 10.7. The maximum atomic E-state index is 10.9. The fraction of sp³-hybridized carbons (Fsp3) is 0.375. The maximum Gasteiger partial charge on any atom is 0.337 e. The van der Waals surface area contributed by atoms with Gasteiger partial charge in [0.1, 0.15) is 12.4 Å². The summed E-state index contributed by atoms with van der Waals surface area (Å²) in [5, 5.41) is 17.3. The Labute approximate surface area is 70.8 Å². The molecule has 0 saturated carbocycles. The molecule has 68 valence electrons. The Balaban J connectivity index is 4.18. The van der Waals surface area contributed by atoms with E-state index in [0.717, 1.165) is 6.08 Å². The average Bonchev–Trinajstić information content (AvgIpc) is 2.11. The standard InChI is InChI=1S/C8H12O4/c1-3-7(10)6(2)8(11)12-5-4-9/h3,9-10H,1,4-5H2,2H3. The fourth-order valence-electron chi connectivity index (χ4n) is 0.504. The van der Waals surface area contributed by atoms with Gasteiger partial charge in [-0.2, -0.15) is 0 Å². The zero-order valence-electron chi connectivity index (χ0n) is 6.91. The number of hydrogen-bond acceptors (Lipinski definition) is 4. The number of allylic oxidation sites excluding steroid dienone is 1. The molecular weight excluding hydrogens is 160 g/mol. The van der Waals surface area contributed by atoms with Crippen molar-refractivity contribution >= 4 is 5.97 Å². The Hall–Kier alpha value is -1.29. The number of aliphatic hydroxyl groups excluding tert-OH is 2. The summed E-state index contributed by atoms with van der Waals surface area (Å²) in [6, 6.07) is 0. The van der Waals surface area contributed by atoms with Crippen molar-refractivity contribution in [2.24, 2.45) is 0 Å². The molecule has 2 N–H and O–H groups in total. The molecule has 0 radical (unpaired) electrons. The molecule has 0 rings (SSSR count). The third-order valence-electron chi connectivity index (χ3n) is 1.21. The van der Waals surface area contributed by atoms with Crippen LogP contribution in [0, 0.1) is 0 Å². The quantitative estimate of drug-likeness (QED) is 0.281. The molecule has 0 aliphatic carbocycles. The lowest BCUT2D eigenvalue weighted by Gasteiger charge is -2.02. The van der Waals surface area contributed by atoms with E-state index in [0.29, 0.717) is 0 Å². The third kappa shape index (κ3) is 3.21. The molecule has 0 aliphatic heterocycles. The molecule has 0 bridgehead atoms. The summed E-state index contributed by atoms with van der Waals surface area (Å²) in [5.74, 6) is -0.862. The number of rotatable bonds is 4. The first-order valence-electron chi connectivity index (χ1n) is 3.43. The van der Waals surface area contributed by atoms with E-state index in [4.69, 9.17) is 10.2 Å². The fourth-order valence-corrected chi connectivity index (χ4v) is 0.504. The molecule has 0 saturated heterocycles. The number of ether oxygens (including phenoxy) is 1. The Morgan fingerprint density at radius 2 is 2.25 bits per heavy atom. The maximum absolute atomic E-state index is 10.9. The predicted molar refractivity (Wildman–Crippen MR) is 43.6 cm³/mol. The number of aliphatic hydroxyl groups is 2. The Morgan fingerprint density at radius 3 is 2.67 bits per heavy atom. The van der Waals surface area contributed by atoms with Gasteiger partial charge in [0.25, 0.3) is 0 Å². The second-order valence-electron chi connectivity index (χ2n) is 2.07. The van der Waals surface area contributed by atoms with Crippen LogP contribution in [0.2, 0.25) is 0 Å². The van der Waals surface area contributed by atoms with Crippen molar-refractivity contribution in [1.82, 2.24) is 0 Å². The van der Waals surface area contributed by atoms with Crippen molar-refractivity contribution in [3.05, 3.63) is 24.0 Å². The van der Waals surface area contributed by atoms with Gasteiger partial charge in [0.15, 0.2) is 0 Å². The van der Waals surface area contributed by atoms with Crippen LogP contribution in [0.5, 0.6) is 0 Å². The van der Waals surface area contributed by atoms with Crippen molar-refractivity contribution in [3.63, 3.8) is 0 Å². The monoisotopic (exact) mass is 172 g/mol. The molecule has 4 heteroatoms. The van der Waals surface area contributed by atoms with Gasteiger partial charge in [0.05, 0.1) is 12.2 Å². The number of esters is 1. The average molecular weight is 172 g/mol. The largest absolute Gasteiger partial charge is 0.507 e. The molecule has 0 aromatic carbocycles. The van der Waals surface area contributed by atoms with Gasteiger partial charge < -0.3 is 14.9 Å². The van der Waals surface area contributed by atoms with Gasteiger partial charge in [-0.05, 0) is 13.0 Å². The van der Waals surface area contributed by atoms with Gasteiger partial charge in [0, 0.05) is 0 Å². The van der Waals surface area contributed by atoms with Crippen LogP contribution in [0.15, 0.2) is 24.0 Å². The van der Waals surface area contributed by atoms with E-state index in [9.17, 15) is 4.79 Å². The molecular formula is C8H12O4. The summed E-state index contributed by atoms with van der Waals surface area (Å²) in [6.07, 6.45) is 1.15. The summed E-state index contributed by atoms with van der Waals surface area (Å²) in [5.41, 5.74) is 0.0819. The van der Waals surface area contributed by atoms with Crippen molar-refractivity contribution in [2.75, 3.05) is 13.2 Å². The second kappa shape index (κ2) is 5.37. The molecule has 12 heavy (non-hydrogen) atoms. The predicted octanol–water partition coefficient (Wildman–Crippen LogP) is 0.540. The van der Waals surface area contributed by atoms with Crippen LogP contribution in [0.3, 0.4) is 0 Å². The lowest BCUT2D eigenvalue weighted by atomic mass is 10.2. The van der Waals surface area contributed by atoms with E-state index in [2.05, 4.69) is 11.3 Å². The van der Waals surface area contributed by atoms with Crippen LogP contribution in [-0.4, -0.2) is 29.4 Å². The smallest absolute Gasteiger partial charge is 0.337 e. The minimum atomic E-state index is -0.651. The summed E-state index contributed by atoms with van der Waals surface area (Å²) in [4.78, 5) is 10.9. The highest BCUT2D eigenvalue weighted by Gasteiger charge is 2.08. The van der Waals surface area contributed by atoms with Gasteiger partial charge in [0.2, 0.25) is 0 Å². The SMILES string of the molecule is C=CC(O)=C(C)C(=O)OCCO. The Bertz CT molecular complexity index is 205. The van der Waals surface area contributed by atoms with E-state index in [1.54, 1.807) is 0 Å². The third-order valence-corrected chi connectivity index (χ3v) is 1.21. The van der Waals surface area contributed by atoms with Crippen LogP contribution >= 0.6 is 0 Å². The van der Waals surface area contributed by atoms with Crippen LogP contribution in [0.1, 0.15) is 6.92 Å². The topological polar surface area (TPSA) is 66.8 Å². The molecule has 0 spiro atoms. The molecule has 0 heterocycles. The lowest BCUT2D eigenvalue weighted by molar-refractivity contribution is -0.140. The highest BCUT2D eigenvalue weighted by atomic mass is 16.5. The minimum Gasteiger partial charge on any atom is -0.507 e. The molecule has 0 fully saturated rings. The first-order chi connectivity index (χ1) is 5.63. The molecule has 0 aromatic rings. The Kier molecular flexibility index (Phi) is 4.79. The summed E-state index contributed by atoms with van der Waals surface area (Å²) < 4.78 is 4.52. The highest BCUT2D eigenvalue weighted by molar-refractivity contribution is 5.88. The lowest BCUT2D eigenvalue weighted by Crippen LogP contribution is -2.10. The van der Waals surface area contributed by atoms with E-state index < -0.39 is 5.97 Å². The molecule has 4 nitrogen and oxygen atoms in total. The number of carbonyl (C=O) groups is 1. The van der Waals surface area contributed by atoms with Gasteiger partial charge in [-0.25, -0.2) is 4.79 Å². The highest BCUT2D eigenvalue weighted by Crippen LogP contribution is 2.03. The van der Waals surface area contributed by atoms with Gasteiger partial charge in [-0.3, -0.25) is 0 Å². The number of carbonyl (C=O) groups excluding carboxylic acids is 1. The normalized spacial score (nSPS) is 11.8. The molecule has 0 aliphatic rings. The number of hydrogen-bond donors (Lipinski definition) is 2. The van der Waals surface area contributed by atoms with Gasteiger partial charge in [-0.15, -0.1) is 0 Å². The first-order valence-corrected chi connectivity index (χ1v) is 3.43. The van der Waals surface area contributed by atoms with E-state index in [-0.39, 0.29) is 24.5 Å². The summed E-state index contributed by atoms with van der Waals surface area (Å²) >= 11 is 0. The van der Waals surface area contributed by atoms with E-state index in [1.807, 2.05) is 0 Å². The zero-order chi connectivity index (χ0) is 9.56. The van der Waals surface area contributed by atoms with Crippen LogP contribution in [0.4, 0.5) is 0 Å². The van der Waals surface area contributed by atoms with Crippen molar-refractivity contribution in [3.8, 4) is 0 Å². The Morgan fingerprint density at radius 1 is 1.67 bits per heavy atom. The van der Waals surface area contributed by atoms with Crippen LogP contribution in [0.25, 0.3) is 0 Å². The molecule has 0 atom stereocenters. The van der Waals surface area contributed by atoms with Crippen molar-refractivity contribution in [1.29, 1.82) is 0 Å². The van der Waals surface area contributed by atoms with E-state index >= 15 is 0 Å². The van der Waals surface area contributed by atoms with Crippen molar-refractivity contribution < 1.29 is 19.7 Å². The minimum absolute atomic E-state index is 0.0689. The van der Waals surface area contributed by atoms with Crippen molar-refractivity contribution in [2.45, 2.75) is 6.92 Å². The van der Waals surface area contributed by atoms with Gasteiger partial charge >= 0.3 is 5.97 Å². The van der Waals surface area contributed by atoms with E-state index in [1.165, 1.54) is 6.92 Å². The van der Waals surface area contributed by atoms with Crippen LogP contribution in [-0.2, 0) is 9.53 Å². The molecule has 0 amide bonds. The summed E-state index contributed by atoms with van der Waals surface area (Å²) in [6.45, 7) is 4.40. The van der Waals surface area contributed by atoms with Gasteiger partial charge in [-0.1, -0.05) is 6.58 Å². The summed E-state index contributed by atoms with van der Waals surface area (Å²) in [7, 11) is 0. The zero-order valence-corrected chi connectivity index (χ0v) is 6.91. The molecule has 0 unspecified atom stereocenters. The second-order valence-corrected chi connectivity index (χ2v) is 2.07. The van der Waals surface area contributed by atoms with Crippen LogP contribution < -0.4 is 0 Å².